The first-order valence-corrected chi connectivity index (χ1v) is 5.47. The van der Waals surface area contributed by atoms with Gasteiger partial charge < -0.3 is 0 Å². The van der Waals surface area contributed by atoms with Crippen molar-refractivity contribution in [2.45, 2.75) is 31.1 Å². The van der Waals surface area contributed by atoms with Crippen molar-refractivity contribution < 1.29 is 4.79 Å². The lowest BCUT2D eigenvalue weighted by Gasteiger charge is -2.31. The Kier molecular flexibility index (Phi) is 1.78. The molecule has 1 fully saturated rings. The number of pyridine rings is 1. The maximum Gasteiger partial charge on any atom is 0.133 e. The molecule has 0 aromatic carbocycles. The van der Waals surface area contributed by atoms with Gasteiger partial charge in [-0.2, -0.15) is 0 Å². The molecule has 76 valence electrons. The van der Waals surface area contributed by atoms with Crippen LogP contribution in [0.15, 0.2) is 24.4 Å². The molecule has 3 rings (SSSR count). The van der Waals surface area contributed by atoms with Crippen molar-refractivity contribution in [2.75, 3.05) is 0 Å². The molecule has 1 spiro atoms. The van der Waals surface area contributed by atoms with Crippen LogP contribution in [0.25, 0.3) is 6.08 Å². The standard InChI is InChI=1S/C13H13NO/c15-11-4-7-13(8-5-11)6-3-10-2-1-9-14-12(10)13/h1-3,6,9H,4-5,7-8H2. The molecule has 0 amide bonds. The Bertz CT molecular complexity index is 438. The summed E-state index contributed by atoms with van der Waals surface area (Å²) in [4.78, 5) is 15.8. The van der Waals surface area contributed by atoms with E-state index < -0.39 is 0 Å². The minimum Gasteiger partial charge on any atom is -0.300 e. The number of allylic oxidation sites excluding steroid dienone is 1. The average Bonchev–Trinajstić information content (AvgIpc) is 2.63. The number of carbonyl (C=O) groups excluding carboxylic acids is 1. The number of hydrogen-bond donors (Lipinski definition) is 0. The van der Waals surface area contributed by atoms with Gasteiger partial charge in [0.2, 0.25) is 0 Å². The Hall–Kier alpha value is -1.44. The number of rotatable bonds is 0. The molecule has 2 aliphatic carbocycles. The first-order chi connectivity index (χ1) is 7.30. The van der Waals surface area contributed by atoms with E-state index in [1.165, 1.54) is 11.3 Å². The third-order valence-corrected chi connectivity index (χ3v) is 3.59. The van der Waals surface area contributed by atoms with Crippen molar-refractivity contribution in [3.63, 3.8) is 0 Å². The van der Waals surface area contributed by atoms with Gasteiger partial charge >= 0.3 is 0 Å². The molecule has 0 unspecified atom stereocenters. The van der Waals surface area contributed by atoms with Crippen LogP contribution in [0.5, 0.6) is 0 Å². The highest BCUT2D eigenvalue weighted by Gasteiger charge is 2.39. The van der Waals surface area contributed by atoms with Gasteiger partial charge in [0.1, 0.15) is 5.78 Å². The summed E-state index contributed by atoms with van der Waals surface area (Å²) in [6.45, 7) is 0. The maximum absolute atomic E-state index is 11.3. The molecule has 0 saturated heterocycles. The zero-order valence-corrected chi connectivity index (χ0v) is 8.57. The van der Waals surface area contributed by atoms with Crippen LogP contribution in [0, 0.1) is 0 Å². The molecule has 1 saturated carbocycles. The van der Waals surface area contributed by atoms with Crippen LogP contribution in [0.3, 0.4) is 0 Å². The van der Waals surface area contributed by atoms with Crippen LogP contribution in [0.4, 0.5) is 0 Å². The predicted molar refractivity (Wildman–Crippen MR) is 58.4 cm³/mol. The quantitative estimate of drug-likeness (QED) is 0.642. The van der Waals surface area contributed by atoms with Gasteiger partial charge in [-0.05, 0) is 24.5 Å². The largest absolute Gasteiger partial charge is 0.300 e. The molecule has 1 aromatic rings. The maximum atomic E-state index is 11.3. The minimum absolute atomic E-state index is 0.0739. The zero-order valence-electron chi connectivity index (χ0n) is 8.57. The van der Waals surface area contributed by atoms with Crippen molar-refractivity contribution in [2.24, 2.45) is 0 Å². The van der Waals surface area contributed by atoms with Crippen molar-refractivity contribution >= 4 is 11.9 Å². The zero-order chi connectivity index (χ0) is 10.3. The van der Waals surface area contributed by atoms with E-state index >= 15 is 0 Å². The second-order valence-corrected chi connectivity index (χ2v) is 4.47. The number of carbonyl (C=O) groups is 1. The van der Waals surface area contributed by atoms with Crippen molar-refractivity contribution in [3.05, 3.63) is 35.7 Å². The molecular weight excluding hydrogens is 186 g/mol. The summed E-state index contributed by atoms with van der Waals surface area (Å²) in [6.07, 6.45) is 9.54. The highest BCUT2D eigenvalue weighted by atomic mass is 16.1. The van der Waals surface area contributed by atoms with E-state index in [0.717, 1.165) is 12.8 Å². The molecule has 15 heavy (non-hydrogen) atoms. The van der Waals surface area contributed by atoms with Gasteiger partial charge in [-0.1, -0.05) is 18.2 Å². The van der Waals surface area contributed by atoms with Crippen LogP contribution in [-0.4, -0.2) is 10.8 Å². The van der Waals surface area contributed by atoms with E-state index in [9.17, 15) is 4.79 Å². The van der Waals surface area contributed by atoms with E-state index in [4.69, 9.17) is 0 Å². The SMILES string of the molecule is O=C1CCC2(C=Cc3cccnc32)CC1. The molecule has 1 heterocycles. The highest BCUT2D eigenvalue weighted by molar-refractivity contribution is 5.80. The summed E-state index contributed by atoms with van der Waals surface area (Å²) < 4.78 is 0. The summed E-state index contributed by atoms with van der Waals surface area (Å²) in [5.41, 5.74) is 2.48. The van der Waals surface area contributed by atoms with Gasteiger partial charge in [-0.15, -0.1) is 0 Å². The first kappa shape index (κ1) is 8.84. The lowest BCUT2D eigenvalue weighted by molar-refractivity contribution is -0.121. The predicted octanol–water partition coefficient (Wildman–Crippen LogP) is 2.49. The normalized spacial score (nSPS) is 22.0. The number of aromatic nitrogens is 1. The average molecular weight is 199 g/mol. The molecule has 2 nitrogen and oxygen atoms in total. The molecule has 0 radical (unpaired) electrons. The Balaban J connectivity index is 2.02. The molecule has 0 bridgehead atoms. The van der Waals surface area contributed by atoms with E-state index in [-0.39, 0.29) is 5.41 Å². The summed E-state index contributed by atoms with van der Waals surface area (Å²) in [7, 11) is 0. The monoisotopic (exact) mass is 199 g/mol. The van der Waals surface area contributed by atoms with Gasteiger partial charge in [0.15, 0.2) is 0 Å². The Morgan fingerprint density at radius 3 is 2.87 bits per heavy atom. The Morgan fingerprint density at radius 2 is 2.07 bits per heavy atom. The second-order valence-electron chi connectivity index (χ2n) is 4.47. The van der Waals surface area contributed by atoms with Gasteiger partial charge in [-0.3, -0.25) is 9.78 Å². The fourth-order valence-electron chi connectivity index (χ4n) is 2.67. The Morgan fingerprint density at radius 1 is 1.27 bits per heavy atom. The van der Waals surface area contributed by atoms with Crippen molar-refractivity contribution in [1.82, 2.24) is 4.98 Å². The smallest absolute Gasteiger partial charge is 0.133 e. The van der Waals surface area contributed by atoms with E-state index in [1.54, 1.807) is 0 Å². The van der Waals surface area contributed by atoms with Crippen LogP contribution in [0.1, 0.15) is 36.9 Å². The fourth-order valence-corrected chi connectivity index (χ4v) is 2.67. The van der Waals surface area contributed by atoms with Crippen molar-refractivity contribution in [1.29, 1.82) is 0 Å². The Labute approximate surface area is 89.0 Å². The van der Waals surface area contributed by atoms with Gasteiger partial charge in [0.25, 0.3) is 0 Å². The van der Waals surface area contributed by atoms with Crippen LogP contribution in [-0.2, 0) is 10.2 Å². The topological polar surface area (TPSA) is 30.0 Å². The number of hydrogen-bond acceptors (Lipinski definition) is 2. The van der Waals surface area contributed by atoms with Crippen LogP contribution >= 0.6 is 0 Å². The van der Waals surface area contributed by atoms with Gasteiger partial charge in [0, 0.05) is 24.5 Å². The molecular formula is C13H13NO. The third-order valence-electron chi connectivity index (χ3n) is 3.59. The second kappa shape index (κ2) is 3.02. The lowest BCUT2D eigenvalue weighted by atomic mass is 9.73. The minimum atomic E-state index is 0.0739. The lowest BCUT2D eigenvalue weighted by Crippen LogP contribution is -2.29. The van der Waals surface area contributed by atoms with E-state index in [0.29, 0.717) is 18.6 Å². The summed E-state index contributed by atoms with van der Waals surface area (Å²) in [6, 6.07) is 4.07. The third kappa shape index (κ3) is 1.24. The van der Waals surface area contributed by atoms with Gasteiger partial charge in [-0.25, -0.2) is 0 Å². The first-order valence-electron chi connectivity index (χ1n) is 5.47. The number of Topliss-reactive ketones (excluding diaryl/α,β-unsaturated/α-hetero) is 1. The molecule has 0 aliphatic heterocycles. The summed E-state index contributed by atoms with van der Waals surface area (Å²) >= 11 is 0. The molecule has 1 aromatic heterocycles. The molecule has 0 N–H and O–H groups in total. The van der Waals surface area contributed by atoms with Crippen molar-refractivity contribution in [3.8, 4) is 0 Å². The molecule has 2 aliphatic rings. The van der Waals surface area contributed by atoms with Crippen LogP contribution in [0.2, 0.25) is 0 Å². The van der Waals surface area contributed by atoms with E-state index in [1.807, 2.05) is 12.3 Å². The highest BCUT2D eigenvalue weighted by Crippen LogP contribution is 2.44. The molecule has 2 heteroatoms. The fraction of sp³-hybridized carbons (Fsp3) is 0.385. The molecule has 0 atom stereocenters. The summed E-state index contributed by atoms with van der Waals surface area (Å²) in [5, 5.41) is 0. The van der Waals surface area contributed by atoms with Crippen LogP contribution < -0.4 is 0 Å². The number of ketones is 1. The van der Waals surface area contributed by atoms with Gasteiger partial charge in [0.05, 0.1) is 5.69 Å². The summed E-state index contributed by atoms with van der Waals surface area (Å²) in [5.74, 6) is 0.401. The van der Waals surface area contributed by atoms with E-state index in [2.05, 4.69) is 23.2 Å². The number of fused-ring (bicyclic) bond motifs is 2. The number of nitrogens with zero attached hydrogens (tertiary/aromatic N) is 1.